The minimum absolute atomic E-state index is 0.142. The molecule has 1 aliphatic heterocycles. The second-order valence-electron chi connectivity index (χ2n) is 6.09. The Labute approximate surface area is 164 Å². The summed E-state index contributed by atoms with van der Waals surface area (Å²) in [5.41, 5.74) is 1.50. The van der Waals surface area contributed by atoms with E-state index in [1.807, 2.05) is 18.2 Å². The van der Waals surface area contributed by atoms with Crippen LogP contribution in [-0.4, -0.2) is 46.8 Å². The molecule has 0 amide bonds. The molecule has 2 aromatic rings. The monoisotopic (exact) mass is 388 g/mol. The fraction of sp³-hybridized carbons (Fsp3) is 0.381. The van der Waals surface area contributed by atoms with Crippen LogP contribution in [0.2, 0.25) is 0 Å². The van der Waals surface area contributed by atoms with Gasteiger partial charge in [-0.2, -0.15) is 0 Å². The fourth-order valence-electron chi connectivity index (χ4n) is 2.83. The van der Waals surface area contributed by atoms with Crippen LogP contribution < -0.4 is 18.9 Å². The molecule has 0 atom stereocenters. The van der Waals surface area contributed by atoms with E-state index >= 15 is 0 Å². The number of hydrogen-bond donors (Lipinski definition) is 0. The van der Waals surface area contributed by atoms with Gasteiger partial charge in [0.2, 0.25) is 0 Å². The largest absolute Gasteiger partial charge is 0.493 e. The van der Waals surface area contributed by atoms with E-state index in [4.69, 9.17) is 28.4 Å². The van der Waals surface area contributed by atoms with Crippen molar-refractivity contribution in [2.75, 3.05) is 40.8 Å². The molecule has 7 heteroatoms. The molecule has 0 unspecified atom stereocenters. The van der Waals surface area contributed by atoms with Crippen molar-refractivity contribution in [3.63, 3.8) is 0 Å². The van der Waals surface area contributed by atoms with E-state index in [0.717, 1.165) is 17.7 Å². The summed E-state index contributed by atoms with van der Waals surface area (Å²) in [4.78, 5) is 11.8. The van der Waals surface area contributed by atoms with Gasteiger partial charge in [-0.1, -0.05) is 12.1 Å². The molecule has 0 saturated heterocycles. The van der Waals surface area contributed by atoms with Gasteiger partial charge in [-0.25, -0.2) is 4.79 Å². The maximum absolute atomic E-state index is 11.8. The Morgan fingerprint density at radius 1 is 1.00 bits per heavy atom. The van der Waals surface area contributed by atoms with Crippen molar-refractivity contribution in [1.82, 2.24) is 0 Å². The molecule has 0 bridgehead atoms. The van der Waals surface area contributed by atoms with E-state index in [0.29, 0.717) is 49.1 Å². The van der Waals surface area contributed by atoms with Gasteiger partial charge in [-0.3, -0.25) is 0 Å². The molecule has 150 valence electrons. The number of carbonyl (C=O) groups excluding carboxylic acids is 1. The first-order valence-electron chi connectivity index (χ1n) is 9.07. The fourth-order valence-corrected chi connectivity index (χ4v) is 2.83. The number of esters is 1. The molecular formula is C21H24O7. The van der Waals surface area contributed by atoms with Crippen molar-refractivity contribution in [3.05, 3.63) is 47.5 Å². The second-order valence-corrected chi connectivity index (χ2v) is 6.09. The SMILES string of the molecule is COCOc1cc2c(cc1OCCCOc1ccccc1C(=O)OC)OCC2. The molecule has 2 aromatic carbocycles. The summed E-state index contributed by atoms with van der Waals surface area (Å²) < 4.78 is 32.5. The van der Waals surface area contributed by atoms with Crippen molar-refractivity contribution in [3.8, 4) is 23.0 Å². The molecule has 3 rings (SSSR count). The Kier molecular flexibility index (Phi) is 6.97. The van der Waals surface area contributed by atoms with E-state index in [1.165, 1.54) is 7.11 Å². The number of rotatable bonds is 10. The molecule has 1 aliphatic rings. The second kappa shape index (κ2) is 9.85. The van der Waals surface area contributed by atoms with E-state index < -0.39 is 5.97 Å². The molecule has 0 aromatic heterocycles. The van der Waals surface area contributed by atoms with Gasteiger partial charge in [-0.05, 0) is 18.2 Å². The van der Waals surface area contributed by atoms with Crippen LogP contribution in [0.1, 0.15) is 22.3 Å². The standard InChI is InChI=1S/C21H24O7/c1-23-14-28-19-12-15-8-11-27-18(15)13-20(19)26-10-5-9-25-17-7-4-3-6-16(17)21(22)24-2/h3-4,6-7,12-13H,5,8-11,14H2,1-2H3. The first kappa shape index (κ1) is 19.8. The zero-order valence-corrected chi connectivity index (χ0v) is 16.1. The van der Waals surface area contributed by atoms with Crippen molar-refractivity contribution in [2.45, 2.75) is 12.8 Å². The maximum Gasteiger partial charge on any atom is 0.341 e. The topological polar surface area (TPSA) is 72.5 Å². The van der Waals surface area contributed by atoms with Crippen molar-refractivity contribution < 1.29 is 33.2 Å². The smallest absolute Gasteiger partial charge is 0.341 e. The molecule has 0 spiro atoms. The first-order chi connectivity index (χ1) is 13.7. The molecule has 7 nitrogen and oxygen atoms in total. The van der Waals surface area contributed by atoms with Crippen LogP contribution in [0.4, 0.5) is 0 Å². The molecule has 0 N–H and O–H groups in total. The minimum atomic E-state index is -0.426. The first-order valence-corrected chi connectivity index (χ1v) is 9.07. The van der Waals surface area contributed by atoms with Gasteiger partial charge in [0.25, 0.3) is 0 Å². The molecule has 0 fully saturated rings. The predicted octanol–water partition coefficient (Wildman–Crippen LogP) is 3.24. The van der Waals surface area contributed by atoms with Crippen LogP contribution in [0.5, 0.6) is 23.0 Å². The van der Waals surface area contributed by atoms with Gasteiger partial charge >= 0.3 is 5.97 Å². The maximum atomic E-state index is 11.8. The average Bonchev–Trinajstić information content (AvgIpc) is 3.18. The summed E-state index contributed by atoms with van der Waals surface area (Å²) in [5.74, 6) is 2.12. The Hall–Kier alpha value is -2.93. The summed E-state index contributed by atoms with van der Waals surface area (Å²) >= 11 is 0. The molecule has 0 aliphatic carbocycles. The Morgan fingerprint density at radius 2 is 1.75 bits per heavy atom. The van der Waals surface area contributed by atoms with Gasteiger partial charge in [0.15, 0.2) is 18.3 Å². The van der Waals surface area contributed by atoms with Crippen molar-refractivity contribution >= 4 is 5.97 Å². The lowest BCUT2D eigenvalue weighted by Gasteiger charge is -2.14. The summed E-state index contributed by atoms with van der Waals surface area (Å²) in [6.45, 7) is 1.62. The van der Waals surface area contributed by atoms with Gasteiger partial charge in [-0.15, -0.1) is 0 Å². The third-order valence-electron chi connectivity index (χ3n) is 4.18. The van der Waals surface area contributed by atoms with Crippen LogP contribution in [-0.2, 0) is 15.9 Å². The minimum Gasteiger partial charge on any atom is -0.493 e. The van der Waals surface area contributed by atoms with E-state index in [9.17, 15) is 4.79 Å². The average molecular weight is 388 g/mol. The van der Waals surface area contributed by atoms with E-state index in [2.05, 4.69) is 0 Å². The van der Waals surface area contributed by atoms with Gasteiger partial charge in [0, 0.05) is 31.6 Å². The van der Waals surface area contributed by atoms with Gasteiger partial charge in [0.1, 0.15) is 17.1 Å². The summed E-state index contributed by atoms with van der Waals surface area (Å²) in [6, 6.07) is 10.8. The zero-order chi connectivity index (χ0) is 19.8. The lowest BCUT2D eigenvalue weighted by molar-refractivity contribution is 0.0483. The molecule has 28 heavy (non-hydrogen) atoms. The van der Waals surface area contributed by atoms with E-state index in [-0.39, 0.29) is 6.79 Å². The highest BCUT2D eigenvalue weighted by atomic mass is 16.7. The number of carbonyl (C=O) groups is 1. The van der Waals surface area contributed by atoms with Crippen molar-refractivity contribution in [2.24, 2.45) is 0 Å². The van der Waals surface area contributed by atoms with Crippen molar-refractivity contribution in [1.29, 1.82) is 0 Å². The normalized spacial score (nSPS) is 12.1. The molecule has 0 saturated carbocycles. The van der Waals surface area contributed by atoms with Gasteiger partial charge < -0.3 is 28.4 Å². The van der Waals surface area contributed by atoms with Crippen LogP contribution in [0.15, 0.2) is 36.4 Å². The molecular weight excluding hydrogens is 364 g/mol. The number of benzene rings is 2. The number of fused-ring (bicyclic) bond motifs is 1. The summed E-state index contributed by atoms with van der Waals surface area (Å²) in [5, 5.41) is 0. The summed E-state index contributed by atoms with van der Waals surface area (Å²) in [6.07, 6.45) is 1.48. The lowest BCUT2D eigenvalue weighted by atomic mass is 10.1. The number of ether oxygens (including phenoxy) is 6. The zero-order valence-electron chi connectivity index (χ0n) is 16.1. The number of para-hydroxylation sites is 1. The van der Waals surface area contributed by atoms with E-state index in [1.54, 1.807) is 25.3 Å². The number of methoxy groups -OCH3 is 2. The highest BCUT2D eigenvalue weighted by Crippen LogP contribution is 2.37. The Morgan fingerprint density at radius 3 is 2.54 bits per heavy atom. The third-order valence-corrected chi connectivity index (χ3v) is 4.18. The predicted molar refractivity (Wildman–Crippen MR) is 102 cm³/mol. The quantitative estimate of drug-likeness (QED) is 0.351. The Balaban J connectivity index is 1.54. The number of hydrogen-bond acceptors (Lipinski definition) is 7. The highest BCUT2D eigenvalue weighted by Gasteiger charge is 2.18. The third kappa shape index (κ3) is 4.86. The lowest BCUT2D eigenvalue weighted by Crippen LogP contribution is -2.09. The molecule has 0 radical (unpaired) electrons. The van der Waals surface area contributed by atoms with Crippen LogP contribution >= 0.6 is 0 Å². The van der Waals surface area contributed by atoms with Gasteiger partial charge in [0.05, 0.1) is 26.9 Å². The van der Waals surface area contributed by atoms with Crippen LogP contribution in [0, 0.1) is 0 Å². The van der Waals surface area contributed by atoms with Crippen LogP contribution in [0.3, 0.4) is 0 Å². The Bertz CT molecular complexity index is 803. The highest BCUT2D eigenvalue weighted by molar-refractivity contribution is 5.92. The van der Waals surface area contributed by atoms with Crippen LogP contribution in [0.25, 0.3) is 0 Å². The molecule has 1 heterocycles. The summed E-state index contributed by atoms with van der Waals surface area (Å²) in [7, 11) is 2.91.